The largest absolute Gasteiger partial charge is 0.363 e. The molecular weight excluding hydrogens is 198 g/mol. The summed E-state index contributed by atoms with van der Waals surface area (Å²) in [7, 11) is -4.46. The van der Waals surface area contributed by atoms with Gasteiger partial charge in [0.2, 0.25) is 0 Å². The molecule has 0 spiro atoms. The van der Waals surface area contributed by atoms with Crippen LogP contribution in [-0.4, -0.2) is 28.2 Å². The van der Waals surface area contributed by atoms with E-state index >= 15 is 0 Å². The Kier molecular flexibility index (Phi) is 2.62. The molecule has 0 aliphatic rings. The molecule has 0 fully saturated rings. The monoisotopic (exact) mass is 205 g/mol. The zero-order chi connectivity index (χ0) is 10.1. The van der Waals surface area contributed by atoms with Crippen molar-refractivity contribution in [1.29, 1.82) is 0 Å². The van der Waals surface area contributed by atoms with Gasteiger partial charge in [0.05, 0.1) is 0 Å². The van der Waals surface area contributed by atoms with E-state index in [2.05, 4.69) is 4.98 Å². The molecule has 0 atom stereocenters. The number of hydrogen-bond donors (Lipinski definition) is 3. The Hall–Kier alpha value is -1.02. The highest BCUT2D eigenvalue weighted by Crippen LogP contribution is 2.17. The van der Waals surface area contributed by atoms with Crippen LogP contribution in [0.4, 0.5) is 0 Å². The number of aliphatic hydroxyl groups is 2. The smallest absolute Gasteiger partial charge is 0.296 e. The summed E-state index contributed by atoms with van der Waals surface area (Å²) in [5.74, 6) is 0. The van der Waals surface area contributed by atoms with Gasteiger partial charge >= 0.3 is 0 Å². The summed E-state index contributed by atoms with van der Waals surface area (Å²) in [6.07, 6.45) is -0.846. The molecule has 0 aliphatic heterocycles. The van der Waals surface area contributed by atoms with Crippen LogP contribution in [0.15, 0.2) is 23.2 Å². The van der Waals surface area contributed by atoms with Crippen molar-refractivity contribution in [3.63, 3.8) is 0 Å². The number of hydrogen-bond acceptors (Lipinski definition) is 5. The van der Waals surface area contributed by atoms with E-state index in [1.54, 1.807) is 0 Å². The van der Waals surface area contributed by atoms with E-state index in [0.717, 1.165) is 6.07 Å². The van der Waals surface area contributed by atoms with Crippen molar-refractivity contribution in [2.75, 3.05) is 0 Å². The first-order valence-corrected chi connectivity index (χ1v) is 4.65. The van der Waals surface area contributed by atoms with Crippen molar-refractivity contribution in [2.45, 2.75) is 11.2 Å². The third kappa shape index (κ3) is 2.22. The van der Waals surface area contributed by atoms with Crippen LogP contribution in [0, 0.1) is 0 Å². The van der Waals surface area contributed by atoms with Gasteiger partial charge in [0, 0.05) is 6.20 Å². The summed E-state index contributed by atoms with van der Waals surface area (Å²) in [5.41, 5.74) is -0.495. The van der Waals surface area contributed by atoms with Crippen molar-refractivity contribution >= 4 is 10.1 Å². The second kappa shape index (κ2) is 3.38. The van der Waals surface area contributed by atoms with Crippen LogP contribution in [0.1, 0.15) is 12.0 Å². The normalized spacial score (nSPS) is 12.0. The minimum absolute atomic E-state index is 0.495. The Morgan fingerprint density at radius 1 is 1.38 bits per heavy atom. The molecule has 6 nitrogen and oxygen atoms in total. The molecular formula is C6H7NO5S. The van der Waals surface area contributed by atoms with Gasteiger partial charge in [-0.2, -0.15) is 8.42 Å². The molecule has 1 heterocycles. The van der Waals surface area contributed by atoms with Crippen molar-refractivity contribution in [2.24, 2.45) is 0 Å². The third-order valence-electron chi connectivity index (χ3n) is 1.32. The summed E-state index contributed by atoms with van der Waals surface area (Å²) >= 11 is 0. The number of pyridine rings is 1. The maximum atomic E-state index is 10.7. The first kappa shape index (κ1) is 10.1. The number of aliphatic hydroxyl groups excluding tert-OH is 1. The topological polar surface area (TPSA) is 108 Å². The molecule has 72 valence electrons. The molecule has 7 heteroatoms. The van der Waals surface area contributed by atoms with E-state index in [1.165, 1.54) is 12.3 Å². The second-order valence-electron chi connectivity index (χ2n) is 2.24. The maximum Gasteiger partial charge on any atom is 0.296 e. The third-order valence-corrected chi connectivity index (χ3v) is 2.22. The molecule has 1 aromatic rings. The first-order chi connectivity index (χ1) is 5.93. The fourth-order valence-electron chi connectivity index (χ4n) is 0.815. The van der Waals surface area contributed by atoms with E-state index in [1.807, 2.05) is 0 Å². The lowest BCUT2D eigenvalue weighted by molar-refractivity contribution is -0.0482. The average Bonchev–Trinajstić information content (AvgIpc) is 2.03. The SMILES string of the molecule is O=S(=O)(O)c1cccnc1C(O)O. The van der Waals surface area contributed by atoms with Crippen molar-refractivity contribution in [1.82, 2.24) is 4.98 Å². The van der Waals surface area contributed by atoms with Crippen LogP contribution in [0.5, 0.6) is 0 Å². The molecule has 0 aromatic carbocycles. The van der Waals surface area contributed by atoms with Crippen molar-refractivity contribution in [3.8, 4) is 0 Å². The Labute approximate surface area is 74.2 Å². The molecule has 0 unspecified atom stereocenters. The lowest BCUT2D eigenvalue weighted by atomic mass is 10.3. The standard InChI is InChI=1S/C6H7NO5S/c8-6(9)5-4(13(10,11)12)2-1-3-7-5/h1-3,6,8-9H,(H,10,11,12). The summed E-state index contributed by atoms with van der Waals surface area (Å²) in [4.78, 5) is 2.80. The number of aromatic nitrogens is 1. The summed E-state index contributed by atoms with van der Waals surface area (Å²) in [6.45, 7) is 0. The molecule has 0 bridgehead atoms. The molecule has 1 rings (SSSR count). The summed E-state index contributed by atoms with van der Waals surface area (Å²) in [6, 6.07) is 2.28. The molecule has 1 aromatic heterocycles. The van der Waals surface area contributed by atoms with Crippen LogP contribution >= 0.6 is 0 Å². The highest BCUT2D eigenvalue weighted by atomic mass is 32.2. The van der Waals surface area contributed by atoms with Crippen molar-refractivity contribution in [3.05, 3.63) is 24.0 Å². The lowest BCUT2D eigenvalue weighted by Crippen LogP contribution is -2.08. The van der Waals surface area contributed by atoms with E-state index < -0.39 is 27.0 Å². The maximum absolute atomic E-state index is 10.7. The molecule has 13 heavy (non-hydrogen) atoms. The van der Waals surface area contributed by atoms with Crippen LogP contribution < -0.4 is 0 Å². The van der Waals surface area contributed by atoms with Crippen molar-refractivity contribution < 1.29 is 23.2 Å². The van der Waals surface area contributed by atoms with Gasteiger partial charge in [0.15, 0.2) is 6.29 Å². The Balaban J connectivity index is 3.37. The predicted octanol–water partition coefficient (Wildman–Crippen LogP) is -0.689. The van der Waals surface area contributed by atoms with E-state index in [4.69, 9.17) is 14.8 Å². The molecule has 0 aliphatic carbocycles. The number of nitrogens with zero attached hydrogens (tertiary/aromatic N) is 1. The highest BCUT2D eigenvalue weighted by molar-refractivity contribution is 7.85. The predicted molar refractivity (Wildman–Crippen MR) is 41.2 cm³/mol. The zero-order valence-electron chi connectivity index (χ0n) is 6.32. The van der Waals surface area contributed by atoms with E-state index in [-0.39, 0.29) is 0 Å². The molecule has 0 saturated heterocycles. The lowest BCUT2D eigenvalue weighted by Gasteiger charge is -2.06. The quantitative estimate of drug-likeness (QED) is 0.435. The fourth-order valence-corrected chi connectivity index (χ4v) is 1.49. The van der Waals surface area contributed by atoms with Gasteiger partial charge in [-0.05, 0) is 12.1 Å². The van der Waals surface area contributed by atoms with Gasteiger partial charge < -0.3 is 10.2 Å². The van der Waals surface area contributed by atoms with Crippen LogP contribution in [0.2, 0.25) is 0 Å². The molecule has 3 N–H and O–H groups in total. The average molecular weight is 205 g/mol. The fraction of sp³-hybridized carbons (Fsp3) is 0.167. The van der Waals surface area contributed by atoms with Crippen LogP contribution in [0.3, 0.4) is 0 Å². The second-order valence-corrected chi connectivity index (χ2v) is 3.63. The summed E-state index contributed by atoms with van der Waals surface area (Å²) in [5, 5.41) is 17.4. The first-order valence-electron chi connectivity index (χ1n) is 3.21. The van der Waals surface area contributed by atoms with E-state index in [0.29, 0.717) is 0 Å². The molecule has 0 amide bonds. The molecule has 0 radical (unpaired) electrons. The minimum atomic E-state index is -4.46. The number of rotatable bonds is 2. The van der Waals surface area contributed by atoms with Crippen LogP contribution in [-0.2, 0) is 10.1 Å². The molecule has 0 saturated carbocycles. The minimum Gasteiger partial charge on any atom is -0.363 e. The van der Waals surface area contributed by atoms with Gasteiger partial charge in [-0.25, -0.2) is 0 Å². The van der Waals surface area contributed by atoms with E-state index in [9.17, 15) is 8.42 Å². The van der Waals surface area contributed by atoms with Gasteiger partial charge in [0.1, 0.15) is 10.6 Å². The highest BCUT2D eigenvalue weighted by Gasteiger charge is 2.19. The van der Waals surface area contributed by atoms with Crippen LogP contribution in [0.25, 0.3) is 0 Å². The van der Waals surface area contributed by atoms with Gasteiger partial charge in [-0.3, -0.25) is 9.54 Å². The van der Waals surface area contributed by atoms with Gasteiger partial charge in [0.25, 0.3) is 10.1 Å². The summed E-state index contributed by atoms with van der Waals surface area (Å²) < 4.78 is 29.9. The Morgan fingerprint density at radius 3 is 2.38 bits per heavy atom. The van der Waals surface area contributed by atoms with Gasteiger partial charge in [-0.15, -0.1) is 0 Å². The Morgan fingerprint density at radius 2 is 2.00 bits per heavy atom. The van der Waals surface area contributed by atoms with Gasteiger partial charge in [-0.1, -0.05) is 0 Å². The Bertz CT molecular complexity index is 399. The zero-order valence-corrected chi connectivity index (χ0v) is 7.14.